The van der Waals surface area contributed by atoms with Crippen LogP contribution >= 0.6 is 0 Å². The molecule has 2 amide bonds. The lowest BCUT2D eigenvalue weighted by Crippen LogP contribution is -2.51. The van der Waals surface area contributed by atoms with Gasteiger partial charge >= 0.3 is 6.03 Å². The number of nitrogens with zero attached hydrogens (tertiary/aromatic N) is 3. The summed E-state index contributed by atoms with van der Waals surface area (Å²) in [5, 5.41) is 7.54. The van der Waals surface area contributed by atoms with Crippen molar-refractivity contribution in [3.8, 4) is 0 Å². The number of carbonyl (C=O) groups is 1. The first-order valence-corrected chi connectivity index (χ1v) is 9.42. The van der Waals surface area contributed by atoms with Crippen LogP contribution in [0.1, 0.15) is 36.4 Å². The van der Waals surface area contributed by atoms with E-state index in [9.17, 15) is 9.18 Å². The number of rotatable bonds is 8. The number of carbonyl (C=O) groups excluding carboxylic acids is 1. The molecule has 0 aliphatic carbocycles. The maximum Gasteiger partial charge on any atom is 0.318 e. The number of benzene rings is 1. The van der Waals surface area contributed by atoms with Gasteiger partial charge in [0.15, 0.2) is 0 Å². The average Bonchev–Trinajstić information content (AvgIpc) is 2.85. The van der Waals surface area contributed by atoms with E-state index >= 15 is 0 Å². The number of aryl methyl sites for hydroxylation is 2. The molecule has 0 bridgehead atoms. The van der Waals surface area contributed by atoms with Gasteiger partial charge in [0.2, 0.25) is 0 Å². The van der Waals surface area contributed by atoms with Crippen molar-refractivity contribution in [2.24, 2.45) is 7.05 Å². The molecule has 0 spiro atoms. The molecule has 0 aliphatic heterocycles. The highest BCUT2D eigenvalue weighted by Gasteiger charge is 2.25. The van der Waals surface area contributed by atoms with Crippen molar-refractivity contribution in [3.63, 3.8) is 0 Å². The normalized spacial score (nSPS) is 11.5. The summed E-state index contributed by atoms with van der Waals surface area (Å²) in [5.74, 6) is -0.265. The van der Waals surface area contributed by atoms with Crippen LogP contribution in [0, 0.1) is 19.7 Å². The molecule has 2 rings (SSSR count). The molecular weight excluding hydrogens is 359 g/mol. The fourth-order valence-corrected chi connectivity index (χ4v) is 3.22. The highest BCUT2D eigenvalue weighted by Crippen LogP contribution is 2.17. The number of methoxy groups -OCH3 is 1. The number of amides is 2. The second-order valence-electron chi connectivity index (χ2n) is 7.80. The van der Waals surface area contributed by atoms with E-state index in [4.69, 9.17) is 4.74 Å². The van der Waals surface area contributed by atoms with Gasteiger partial charge in [-0.15, -0.1) is 0 Å². The first-order chi connectivity index (χ1) is 13.1. The summed E-state index contributed by atoms with van der Waals surface area (Å²) < 4.78 is 20.1. The Labute approximate surface area is 166 Å². The van der Waals surface area contributed by atoms with Crippen molar-refractivity contribution in [2.75, 3.05) is 20.3 Å². The number of urea groups is 1. The third kappa shape index (κ3) is 5.79. The third-order valence-electron chi connectivity index (χ3n) is 4.87. The predicted molar refractivity (Wildman–Crippen MR) is 108 cm³/mol. The van der Waals surface area contributed by atoms with E-state index < -0.39 is 5.54 Å². The Balaban J connectivity index is 2.11. The average molecular weight is 391 g/mol. The van der Waals surface area contributed by atoms with Gasteiger partial charge in [0, 0.05) is 37.5 Å². The molecule has 1 aromatic carbocycles. The Hall–Kier alpha value is -2.41. The molecule has 6 nitrogen and oxygen atoms in total. The van der Waals surface area contributed by atoms with Gasteiger partial charge in [-0.25, -0.2) is 9.18 Å². The Morgan fingerprint density at radius 2 is 1.93 bits per heavy atom. The monoisotopic (exact) mass is 390 g/mol. The Morgan fingerprint density at radius 1 is 1.29 bits per heavy atom. The Bertz CT molecular complexity index is 799. The van der Waals surface area contributed by atoms with Gasteiger partial charge in [-0.2, -0.15) is 5.10 Å². The van der Waals surface area contributed by atoms with Crippen LogP contribution in [0.25, 0.3) is 0 Å². The Morgan fingerprint density at radius 3 is 2.46 bits per heavy atom. The maximum absolute atomic E-state index is 13.1. The first-order valence-electron chi connectivity index (χ1n) is 9.42. The zero-order valence-corrected chi connectivity index (χ0v) is 17.7. The fraction of sp³-hybridized carbons (Fsp3) is 0.524. The quantitative estimate of drug-likeness (QED) is 0.752. The smallest absolute Gasteiger partial charge is 0.318 e. The van der Waals surface area contributed by atoms with E-state index in [1.807, 2.05) is 39.4 Å². The van der Waals surface area contributed by atoms with Crippen LogP contribution < -0.4 is 5.32 Å². The van der Waals surface area contributed by atoms with E-state index in [2.05, 4.69) is 10.4 Å². The van der Waals surface area contributed by atoms with Crippen molar-refractivity contribution in [2.45, 2.75) is 46.2 Å². The second kappa shape index (κ2) is 9.19. The molecule has 7 heteroatoms. The molecule has 0 saturated heterocycles. The SMILES string of the molecule is COCCN(Cc1c(C)nn(C)c1C)C(=O)NC(C)(C)Cc1ccc(F)cc1. The molecule has 0 aliphatic rings. The topological polar surface area (TPSA) is 59.4 Å². The lowest BCUT2D eigenvalue weighted by Gasteiger charge is -2.31. The lowest BCUT2D eigenvalue weighted by molar-refractivity contribution is 0.141. The first kappa shape index (κ1) is 21.9. The number of halogens is 1. The second-order valence-corrected chi connectivity index (χ2v) is 7.80. The highest BCUT2D eigenvalue weighted by atomic mass is 19.1. The van der Waals surface area contributed by atoms with Gasteiger partial charge in [-0.1, -0.05) is 12.1 Å². The predicted octanol–water partition coefficient (Wildman–Crippen LogP) is 3.36. The summed E-state index contributed by atoms with van der Waals surface area (Å²) in [6.07, 6.45) is 0.599. The maximum atomic E-state index is 13.1. The summed E-state index contributed by atoms with van der Waals surface area (Å²) in [4.78, 5) is 14.8. The number of hydrogen-bond donors (Lipinski definition) is 1. The van der Waals surface area contributed by atoms with Crippen molar-refractivity contribution < 1.29 is 13.9 Å². The molecule has 28 heavy (non-hydrogen) atoms. The standard InChI is InChI=1S/C21H31FN4O2/c1-15-19(16(2)25(5)24-15)14-26(11-12-28-6)20(27)23-21(3,4)13-17-7-9-18(22)10-8-17/h7-10H,11-14H2,1-6H3,(H,23,27). The van der Waals surface area contributed by atoms with Gasteiger partial charge in [-0.05, 0) is 51.8 Å². The summed E-state index contributed by atoms with van der Waals surface area (Å²) >= 11 is 0. The van der Waals surface area contributed by atoms with Crippen LogP contribution in [-0.2, 0) is 24.8 Å². The van der Waals surface area contributed by atoms with Crippen LogP contribution in [0.2, 0.25) is 0 Å². The summed E-state index contributed by atoms with van der Waals surface area (Å²) in [6.45, 7) is 9.26. The summed E-state index contributed by atoms with van der Waals surface area (Å²) in [5.41, 5.74) is 3.48. The number of ether oxygens (including phenoxy) is 1. The minimum atomic E-state index is -0.487. The van der Waals surface area contributed by atoms with E-state index in [0.29, 0.717) is 26.1 Å². The number of nitrogens with one attached hydrogen (secondary N) is 1. The largest absolute Gasteiger partial charge is 0.383 e. The van der Waals surface area contributed by atoms with E-state index in [1.54, 1.807) is 24.1 Å². The fourth-order valence-electron chi connectivity index (χ4n) is 3.22. The van der Waals surface area contributed by atoms with E-state index in [-0.39, 0.29) is 11.8 Å². The lowest BCUT2D eigenvalue weighted by atomic mass is 9.95. The molecule has 154 valence electrons. The van der Waals surface area contributed by atoms with Crippen LogP contribution in [-0.4, -0.2) is 46.5 Å². The molecule has 0 fully saturated rings. The number of aromatic nitrogens is 2. The van der Waals surface area contributed by atoms with Crippen molar-refractivity contribution >= 4 is 6.03 Å². The van der Waals surface area contributed by atoms with E-state index in [0.717, 1.165) is 22.5 Å². The molecule has 2 aromatic rings. The molecule has 1 aromatic heterocycles. The van der Waals surface area contributed by atoms with Gasteiger partial charge in [0.25, 0.3) is 0 Å². The van der Waals surface area contributed by atoms with Crippen molar-refractivity contribution in [1.29, 1.82) is 0 Å². The molecule has 0 saturated carbocycles. The molecule has 0 atom stereocenters. The number of hydrogen-bond acceptors (Lipinski definition) is 3. The van der Waals surface area contributed by atoms with Crippen LogP contribution in [0.5, 0.6) is 0 Å². The molecule has 0 radical (unpaired) electrons. The summed E-state index contributed by atoms with van der Waals surface area (Å²) in [6, 6.07) is 6.20. The molecule has 1 N–H and O–H groups in total. The van der Waals surface area contributed by atoms with Crippen LogP contribution in [0.3, 0.4) is 0 Å². The minimum absolute atomic E-state index is 0.160. The third-order valence-corrected chi connectivity index (χ3v) is 4.87. The molecular formula is C21H31FN4O2. The zero-order valence-electron chi connectivity index (χ0n) is 17.7. The molecule has 1 heterocycles. The minimum Gasteiger partial charge on any atom is -0.383 e. The zero-order chi connectivity index (χ0) is 20.9. The van der Waals surface area contributed by atoms with E-state index in [1.165, 1.54) is 12.1 Å². The van der Waals surface area contributed by atoms with Gasteiger partial charge in [-0.3, -0.25) is 4.68 Å². The Kier molecular flexibility index (Phi) is 7.18. The van der Waals surface area contributed by atoms with Crippen molar-refractivity contribution in [3.05, 3.63) is 52.6 Å². The van der Waals surface area contributed by atoms with Gasteiger partial charge < -0.3 is 15.0 Å². The van der Waals surface area contributed by atoms with Crippen LogP contribution in [0.15, 0.2) is 24.3 Å². The highest BCUT2D eigenvalue weighted by molar-refractivity contribution is 5.75. The van der Waals surface area contributed by atoms with Gasteiger partial charge in [0.05, 0.1) is 18.8 Å². The van der Waals surface area contributed by atoms with Crippen LogP contribution in [0.4, 0.5) is 9.18 Å². The van der Waals surface area contributed by atoms with Gasteiger partial charge in [0.1, 0.15) is 5.82 Å². The molecule has 0 unspecified atom stereocenters. The summed E-state index contributed by atoms with van der Waals surface area (Å²) in [7, 11) is 3.52. The van der Waals surface area contributed by atoms with Crippen molar-refractivity contribution in [1.82, 2.24) is 20.0 Å².